The Morgan fingerprint density at radius 3 is 2.10 bits per heavy atom. The van der Waals surface area contributed by atoms with E-state index in [2.05, 4.69) is 0 Å². The molecule has 0 amide bonds. The van der Waals surface area contributed by atoms with Crippen molar-refractivity contribution in [3.05, 3.63) is 54.6 Å². The van der Waals surface area contributed by atoms with Gasteiger partial charge in [0.1, 0.15) is 23.9 Å². The maximum absolute atomic E-state index is 5.79. The minimum atomic E-state index is -0.125. The van der Waals surface area contributed by atoms with Gasteiger partial charge in [-0.2, -0.15) is 0 Å². The molecule has 4 heteroatoms. The second kappa shape index (κ2) is 7.53. The summed E-state index contributed by atoms with van der Waals surface area (Å²) < 4.78 is 16.2. The molecule has 0 saturated heterocycles. The zero-order valence-corrected chi connectivity index (χ0v) is 11.5. The number of benzene rings is 2. The molecule has 2 aromatic rings. The number of hydrogen-bond donors (Lipinski definition) is 1. The monoisotopic (exact) mass is 273 g/mol. The molecule has 0 saturated carbocycles. The highest BCUT2D eigenvalue weighted by atomic mass is 16.5. The second-order valence-corrected chi connectivity index (χ2v) is 4.41. The fourth-order valence-electron chi connectivity index (χ4n) is 1.69. The van der Waals surface area contributed by atoms with Gasteiger partial charge in [0.15, 0.2) is 0 Å². The van der Waals surface area contributed by atoms with Gasteiger partial charge >= 0.3 is 0 Å². The van der Waals surface area contributed by atoms with Crippen molar-refractivity contribution in [2.75, 3.05) is 20.3 Å². The molecule has 20 heavy (non-hydrogen) atoms. The molecule has 0 aliphatic rings. The van der Waals surface area contributed by atoms with E-state index in [1.54, 1.807) is 7.11 Å². The van der Waals surface area contributed by atoms with E-state index < -0.39 is 0 Å². The van der Waals surface area contributed by atoms with Crippen LogP contribution in [0, 0.1) is 0 Å². The smallest absolute Gasteiger partial charge is 0.127 e. The molecule has 0 aliphatic carbocycles. The van der Waals surface area contributed by atoms with E-state index in [0.717, 1.165) is 17.2 Å². The molecule has 2 rings (SSSR count). The number of ether oxygens (including phenoxy) is 3. The minimum Gasteiger partial charge on any atom is -0.492 e. The Labute approximate surface area is 119 Å². The summed E-state index contributed by atoms with van der Waals surface area (Å²) in [6, 6.07) is 17.0. The summed E-state index contributed by atoms with van der Waals surface area (Å²) in [6.45, 7) is 0.905. The van der Waals surface area contributed by atoms with Crippen LogP contribution < -0.4 is 15.2 Å². The zero-order valence-electron chi connectivity index (χ0n) is 11.5. The third-order valence-corrected chi connectivity index (χ3v) is 2.65. The van der Waals surface area contributed by atoms with Crippen LogP contribution in [-0.2, 0) is 4.74 Å². The summed E-state index contributed by atoms with van der Waals surface area (Å²) in [5, 5.41) is 0. The normalized spacial score (nSPS) is 11.9. The largest absolute Gasteiger partial charge is 0.492 e. The first-order valence-corrected chi connectivity index (χ1v) is 6.48. The molecule has 0 radical (unpaired) electrons. The lowest BCUT2D eigenvalue weighted by Gasteiger charge is -2.12. The molecule has 2 N–H and O–H groups in total. The fourth-order valence-corrected chi connectivity index (χ4v) is 1.69. The average molecular weight is 273 g/mol. The van der Waals surface area contributed by atoms with E-state index in [0.29, 0.717) is 13.2 Å². The number of para-hydroxylation sites is 1. The van der Waals surface area contributed by atoms with Crippen LogP contribution in [0.4, 0.5) is 0 Å². The average Bonchev–Trinajstić information content (AvgIpc) is 2.48. The number of rotatable bonds is 7. The lowest BCUT2D eigenvalue weighted by molar-refractivity contribution is 0.152. The first-order valence-electron chi connectivity index (χ1n) is 6.48. The first-order chi connectivity index (χ1) is 9.78. The van der Waals surface area contributed by atoms with E-state index >= 15 is 0 Å². The first kappa shape index (κ1) is 14.4. The summed E-state index contributed by atoms with van der Waals surface area (Å²) in [5.41, 5.74) is 5.79. The number of methoxy groups -OCH3 is 1. The molecule has 2 aromatic carbocycles. The van der Waals surface area contributed by atoms with Crippen molar-refractivity contribution >= 4 is 0 Å². The summed E-state index contributed by atoms with van der Waals surface area (Å²) in [5.74, 6) is 2.34. The Morgan fingerprint density at radius 1 is 0.850 bits per heavy atom. The Kier molecular flexibility index (Phi) is 5.41. The van der Waals surface area contributed by atoms with Gasteiger partial charge in [-0.05, 0) is 36.4 Å². The van der Waals surface area contributed by atoms with Gasteiger partial charge in [0.2, 0.25) is 0 Å². The van der Waals surface area contributed by atoms with Crippen LogP contribution in [0.1, 0.15) is 0 Å². The van der Waals surface area contributed by atoms with E-state index in [1.807, 2.05) is 54.6 Å². The topological polar surface area (TPSA) is 53.7 Å². The highest BCUT2D eigenvalue weighted by Gasteiger charge is 2.03. The van der Waals surface area contributed by atoms with Crippen molar-refractivity contribution in [3.8, 4) is 17.2 Å². The number of hydrogen-bond acceptors (Lipinski definition) is 4. The number of nitrogens with two attached hydrogens (primary N) is 1. The summed E-state index contributed by atoms with van der Waals surface area (Å²) >= 11 is 0. The highest BCUT2D eigenvalue weighted by Crippen LogP contribution is 2.23. The van der Waals surface area contributed by atoms with Crippen LogP contribution >= 0.6 is 0 Å². The van der Waals surface area contributed by atoms with Gasteiger partial charge in [-0.3, -0.25) is 0 Å². The van der Waals surface area contributed by atoms with E-state index in [9.17, 15) is 0 Å². The van der Waals surface area contributed by atoms with Gasteiger partial charge in [-0.1, -0.05) is 18.2 Å². The third-order valence-electron chi connectivity index (χ3n) is 2.65. The zero-order chi connectivity index (χ0) is 14.2. The SMILES string of the molecule is COCC(N)COc1ccc(Oc2ccccc2)cc1. The maximum Gasteiger partial charge on any atom is 0.127 e. The van der Waals surface area contributed by atoms with Crippen LogP contribution in [-0.4, -0.2) is 26.4 Å². The Hall–Kier alpha value is -2.04. The molecule has 0 bridgehead atoms. The van der Waals surface area contributed by atoms with Crippen molar-refractivity contribution in [3.63, 3.8) is 0 Å². The van der Waals surface area contributed by atoms with Gasteiger partial charge in [-0.25, -0.2) is 0 Å². The second-order valence-electron chi connectivity index (χ2n) is 4.41. The quantitative estimate of drug-likeness (QED) is 0.842. The van der Waals surface area contributed by atoms with Crippen molar-refractivity contribution in [1.29, 1.82) is 0 Å². The summed E-state index contributed by atoms with van der Waals surface area (Å²) in [4.78, 5) is 0. The molecule has 0 fully saturated rings. The van der Waals surface area contributed by atoms with Crippen LogP contribution in [0.25, 0.3) is 0 Å². The van der Waals surface area contributed by atoms with Crippen molar-refractivity contribution in [1.82, 2.24) is 0 Å². The summed E-state index contributed by atoms with van der Waals surface area (Å²) in [6.07, 6.45) is 0. The molecule has 0 aliphatic heterocycles. The van der Waals surface area contributed by atoms with E-state index in [1.165, 1.54) is 0 Å². The predicted octanol–water partition coefficient (Wildman–Crippen LogP) is 2.83. The maximum atomic E-state index is 5.79. The van der Waals surface area contributed by atoms with Crippen LogP contribution in [0.15, 0.2) is 54.6 Å². The molecule has 0 aromatic heterocycles. The minimum absolute atomic E-state index is 0.125. The van der Waals surface area contributed by atoms with Gasteiger partial charge < -0.3 is 19.9 Å². The van der Waals surface area contributed by atoms with Gasteiger partial charge in [0.25, 0.3) is 0 Å². The Morgan fingerprint density at radius 2 is 1.45 bits per heavy atom. The molecular weight excluding hydrogens is 254 g/mol. The van der Waals surface area contributed by atoms with Crippen LogP contribution in [0.2, 0.25) is 0 Å². The van der Waals surface area contributed by atoms with Crippen LogP contribution in [0.5, 0.6) is 17.2 Å². The Balaban J connectivity index is 1.87. The van der Waals surface area contributed by atoms with Crippen molar-refractivity contribution in [2.24, 2.45) is 5.73 Å². The molecule has 0 spiro atoms. The standard InChI is InChI=1S/C16H19NO3/c1-18-11-13(17)12-19-14-7-9-16(10-8-14)20-15-5-3-2-4-6-15/h2-10,13H,11-12,17H2,1H3. The molecule has 4 nitrogen and oxygen atoms in total. The summed E-state index contributed by atoms with van der Waals surface area (Å²) in [7, 11) is 1.62. The van der Waals surface area contributed by atoms with E-state index in [-0.39, 0.29) is 6.04 Å². The molecule has 1 unspecified atom stereocenters. The lowest BCUT2D eigenvalue weighted by atomic mass is 10.3. The predicted molar refractivity (Wildman–Crippen MR) is 78.3 cm³/mol. The fraction of sp³-hybridized carbons (Fsp3) is 0.250. The van der Waals surface area contributed by atoms with Crippen LogP contribution in [0.3, 0.4) is 0 Å². The molecule has 0 heterocycles. The Bertz CT molecular complexity index is 499. The third kappa shape index (κ3) is 4.57. The van der Waals surface area contributed by atoms with Crippen molar-refractivity contribution < 1.29 is 14.2 Å². The van der Waals surface area contributed by atoms with E-state index in [4.69, 9.17) is 19.9 Å². The van der Waals surface area contributed by atoms with Gasteiger partial charge in [-0.15, -0.1) is 0 Å². The van der Waals surface area contributed by atoms with Gasteiger partial charge in [0.05, 0.1) is 12.6 Å². The lowest BCUT2D eigenvalue weighted by Crippen LogP contribution is -2.32. The molecule has 106 valence electrons. The molecule has 1 atom stereocenters. The van der Waals surface area contributed by atoms with Gasteiger partial charge in [0, 0.05) is 7.11 Å². The highest BCUT2D eigenvalue weighted by molar-refractivity contribution is 5.35. The van der Waals surface area contributed by atoms with Crippen molar-refractivity contribution in [2.45, 2.75) is 6.04 Å². The molecular formula is C16H19NO3.